The van der Waals surface area contributed by atoms with Crippen LogP contribution in [-0.2, 0) is 4.79 Å². The first-order chi connectivity index (χ1) is 9.99. The standard InChI is InChI=1S/C15H20N2O4/c1-10-5-7-12(14(20)16-10)15(21)17-9-3-2-4-11(17)6-8-13(18)19/h5,7,11H,2-4,6,8-9H2,1H3,(H,16,20)(H,18,19)/t11-/m0/s1. The molecule has 21 heavy (non-hydrogen) atoms. The summed E-state index contributed by atoms with van der Waals surface area (Å²) in [6.45, 7) is 2.34. The molecule has 1 fully saturated rings. The molecule has 0 radical (unpaired) electrons. The van der Waals surface area contributed by atoms with Crippen molar-refractivity contribution in [1.29, 1.82) is 0 Å². The number of pyridine rings is 1. The predicted octanol–water partition coefficient (Wildman–Crippen LogP) is 1.54. The number of carbonyl (C=O) groups is 2. The lowest BCUT2D eigenvalue weighted by molar-refractivity contribution is -0.137. The van der Waals surface area contributed by atoms with Crippen molar-refractivity contribution >= 4 is 11.9 Å². The zero-order valence-corrected chi connectivity index (χ0v) is 12.1. The number of carboxylic acids is 1. The number of aromatic amines is 1. The van der Waals surface area contributed by atoms with Crippen LogP contribution in [0, 0.1) is 6.92 Å². The van der Waals surface area contributed by atoms with Crippen LogP contribution in [0.4, 0.5) is 0 Å². The maximum Gasteiger partial charge on any atom is 0.303 e. The second-order valence-corrected chi connectivity index (χ2v) is 5.46. The second-order valence-electron chi connectivity index (χ2n) is 5.46. The third-order valence-electron chi connectivity index (χ3n) is 3.87. The molecule has 0 saturated carbocycles. The molecule has 0 aromatic carbocycles. The van der Waals surface area contributed by atoms with E-state index in [1.165, 1.54) is 0 Å². The van der Waals surface area contributed by atoms with Gasteiger partial charge in [0.15, 0.2) is 0 Å². The van der Waals surface area contributed by atoms with Crippen LogP contribution in [0.15, 0.2) is 16.9 Å². The van der Waals surface area contributed by atoms with Gasteiger partial charge in [-0.15, -0.1) is 0 Å². The Labute approximate surface area is 122 Å². The van der Waals surface area contributed by atoms with E-state index in [2.05, 4.69) is 4.98 Å². The number of rotatable bonds is 4. The summed E-state index contributed by atoms with van der Waals surface area (Å²) in [6, 6.07) is 3.15. The molecule has 0 bridgehead atoms. The van der Waals surface area contributed by atoms with Crippen molar-refractivity contribution in [1.82, 2.24) is 9.88 Å². The Balaban J connectivity index is 2.18. The van der Waals surface area contributed by atoms with E-state index < -0.39 is 5.97 Å². The highest BCUT2D eigenvalue weighted by molar-refractivity contribution is 5.94. The molecule has 1 saturated heterocycles. The van der Waals surface area contributed by atoms with Crippen molar-refractivity contribution in [2.24, 2.45) is 0 Å². The van der Waals surface area contributed by atoms with Gasteiger partial charge in [-0.1, -0.05) is 0 Å². The molecule has 1 amide bonds. The van der Waals surface area contributed by atoms with E-state index in [0.717, 1.165) is 19.3 Å². The Bertz CT molecular complexity index is 594. The second kappa shape index (κ2) is 6.56. The molecular weight excluding hydrogens is 272 g/mol. The van der Waals surface area contributed by atoms with E-state index >= 15 is 0 Å². The lowest BCUT2D eigenvalue weighted by atomic mass is 9.97. The largest absolute Gasteiger partial charge is 0.481 e. The highest BCUT2D eigenvalue weighted by Crippen LogP contribution is 2.22. The molecule has 0 spiro atoms. The molecular formula is C15H20N2O4. The lowest BCUT2D eigenvalue weighted by Crippen LogP contribution is -2.45. The predicted molar refractivity (Wildman–Crippen MR) is 77.3 cm³/mol. The number of nitrogens with zero attached hydrogens (tertiary/aromatic N) is 1. The van der Waals surface area contributed by atoms with Crippen LogP contribution in [0.1, 0.15) is 48.2 Å². The molecule has 1 aromatic heterocycles. The monoisotopic (exact) mass is 292 g/mol. The first kappa shape index (κ1) is 15.3. The molecule has 6 heteroatoms. The summed E-state index contributed by atoms with van der Waals surface area (Å²) in [5, 5.41) is 8.80. The minimum absolute atomic E-state index is 0.0404. The number of carbonyl (C=O) groups excluding carboxylic acids is 1. The summed E-state index contributed by atoms with van der Waals surface area (Å²) in [6.07, 6.45) is 3.14. The van der Waals surface area contributed by atoms with Crippen LogP contribution < -0.4 is 5.56 Å². The van der Waals surface area contributed by atoms with Crippen LogP contribution in [0.25, 0.3) is 0 Å². The quantitative estimate of drug-likeness (QED) is 0.880. The molecule has 114 valence electrons. The molecule has 0 unspecified atom stereocenters. The highest BCUT2D eigenvalue weighted by Gasteiger charge is 2.28. The van der Waals surface area contributed by atoms with Crippen molar-refractivity contribution in [3.05, 3.63) is 33.7 Å². The third-order valence-corrected chi connectivity index (χ3v) is 3.87. The van der Waals surface area contributed by atoms with E-state index in [4.69, 9.17) is 5.11 Å². The van der Waals surface area contributed by atoms with Gasteiger partial charge in [-0.3, -0.25) is 14.4 Å². The first-order valence-corrected chi connectivity index (χ1v) is 7.21. The zero-order chi connectivity index (χ0) is 15.4. The fourth-order valence-corrected chi connectivity index (χ4v) is 2.75. The number of likely N-dealkylation sites (tertiary alicyclic amines) is 1. The average Bonchev–Trinajstić information content (AvgIpc) is 2.45. The summed E-state index contributed by atoms with van der Waals surface area (Å²) in [7, 11) is 0. The van der Waals surface area contributed by atoms with E-state index in [1.807, 2.05) is 0 Å². The topological polar surface area (TPSA) is 90.5 Å². The van der Waals surface area contributed by atoms with E-state index in [0.29, 0.717) is 18.7 Å². The fraction of sp³-hybridized carbons (Fsp3) is 0.533. The van der Waals surface area contributed by atoms with Gasteiger partial charge in [-0.2, -0.15) is 0 Å². The van der Waals surface area contributed by atoms with Gasteiger partial charge in [-0.05, 0) is 44.7 Å². The minimum Gasteiger partial charge on any atom is -0.481 e. The molecule has 2 heterocycles. The number of piperidine rings is 1. The minimum atomic E-state index is -0.860. The van der Waals surface area contributed by atoms with E-state index in [9.17, 15) is 14.4 Å². The van der Waals surface area contributed by atoms with E-state index in [-0.39, 0.29) is 29.5 Å². The number of nitrogens with one attached hydrogen (secondary N) is 1. The molecule has 2 N–H and O–H groups in total. The van der Waals surface area contributed by atoms with Crippen molar-refractivity contribution in [3.8, 4) is 0 Å². The molecule has 2 rings (SSSR count). The Kier molecular flexibility index (Phi) is 4.77. The van der Waals surface area contributed by atoms with Gasteiger partial charge in [0.25, 0.3) is 11.5 Å². The summed E-state index contributed by atoms with van der Waals surface area (Å²) in [5.74, 6) is -1.16. The van der Waals surface area contributed by atoms with Crippen LogP contribution in [0.2, 0.25) is 0 Å². The maximum absolute atomic E-state index is 12.5. The number of H-pyrrole nitrogens is 1. The number of hydrogen-bond acceptors (Lipinski definition) is 3. The molecule has 1 aliphatic heterocycles. The molecule has 1 aliphatic rings. The maximum atomic E-state index is 12.5. The van der Waals surface area contributed by atoms with Gasteiger partial charge in [0.2, 0.25) is 0 Å². The van der Waals surface area contributed by atoms with Crippen molar-refractivity contribution in [3.63, 3.8) is 0 Å². The lowest BCUT2D eigenvalue weighted by Gasteiger charge is -2.35. The van der Waals surface area contributed by atoms with Gasteiger partial charge < -0.3 is 15.0 Å². The Hall–Kier alpha value is -2.11. The normalized spacial score (nSPS) is 18.5. The number of aliphatic carboxylic acids is 1. The van der Waals surface area contributed by atoms with Crippen molar-refractivity contribution < 1.29 is 14.7 Å². The highest BCUT2D eigenvalue weighted by atomic mass is 16.4. The smallest absolute Gasteiger partial charge is 0.303 e. The summed E-state index contributed by atoms with van der Waals surface area (Å²) in [5.41, 5.74) is 0.447. The molecule has 1 atom stereocenters. The number of carboxylic acid groups (broad SMARTS) is 1. The van der Waals surface area contributed by atoms with Gasteiger partial charge in [0.05, 0.1) is 0 Å². The molecule has 1 aromatic rings. The van der Waals surface area contributed by atoms with Crippen LogP contribution >= 0.6 is 0 Å². The Morgan fingerprint density at radius 3 is 2.81 bits per heavy atom. The summed E-state index contributed by atoms with van der Waals surface area (Å²) in [4.78, 5) is 39.5. The third kappa shape index (κ3) is 3.71. The van der Waals surface area contributed by atoms with Crippen molar-refractivity contribution in [2.75, 3.05) is 6.54 Å². The average molecular weight is 292 g/mol. The van der Waals surface area contributed by atoms with Crippen LogP contribution in [-0.4, -0.2) is 39.5 Å². The van der Waals surface area contributed by atoms with Crippen LogP contribution in [0.5, 0.6) is 0 Å². The fourth-order valence-electron chi connectivity index (χ4n) is 2.75. The number of amides is 1. The molecule has 0 aliphatic carbocycles. The molecule has 6 nitrogen and oxygen atoms in total. The zero-order valence-electron chi connectivity index (χ0n) is 12.1. The summed E-state index contributed by atoms with van der Waals surface area (Å²) < 4.78 is 0. The van der Waals surface area contributed by atoms with Gasteiger partial charge in [0, 0.05) is 24.7 Å². The number of hydrogen-bond donors (Lipinski definition) is 2. The SMILES string of the molecule is Cc1ccc(C(=O)N2CCCC[C@H]2CCC(=O)O)c(=O)[nH]1. The van der Waals surface area contributed by atoms with Crippen LogP contribution in [0.3, 0.4) is 0 Å². The van der Waals surface area contributed by atoms with E-state index in [1.54, 1.807) is 24.0 Å². The first-order valence-electron chi connectivity index (χ1n) is 7.21. The van der Waals surface area contributed by atoms with Crippen molar-refractivity contribution in [2.45, 2.75) is 45.1 Å². The number of aromatic nitrogens is 1. The van der Waals surface area contributed by atoms with Gasteiger partial charge in [-0.25, -0.2) is 0 Å². The Morgan fingerprint density at radius 2 is 2.14 bits per heavy atom. The van der Waals surface area contributed by atoms with Gasteiger partial charge >= 0.3 is 5.97 Å². The summed E-state index contributed by atoms with van der Waals surface area (Å²) >= 11 is 0. The van der Waals surface area contributed by atoms with Gasteiger partial charge in [0.1, 0.15) is 5.56 Å². The Morgan fingerprint density at radius 1 is 1.38 bits per heavy atom. The number of aryl methyl sites for hydroxylation is 1.